The quantitative estimate of drug-likeness (QED) is 0.407. The van der Waals surface area contributed by atoms with Gasteiger partial charge in [0.05, 0.1) is 6.42 Å². The van der Waals surface area contributed by atoms with Gasteiger partial charge in [0.2, 0.25) is 29.5 Å². The predicted molar refractivity (Wildman–Crippen MR) is 80.8 cm³/mol. The maximum absolute atomic E-state index is 12.6. The van der Waals surface area contributed by atoms with Crippen LogP contribution in [0.5, 0.6) is 0 Å². The molecule has 0 bridgehead atoms. The average molecular weight is 339 g/mol. The number of primary amides is 2. The maximum Gasteiger partial charge on any atom is 0.246 e. The van der Waals surface area contributed by atoms with E-state index in [1.165, 1.54) is 4.90 Å². The van der Waals surface area contributed by atoms with Crippen LogP contribution < -0.4 is 22.1 Å². The number of nitrogens with one attached hydrogen (secondary N) is 2. The van der Waals surface area contributed by atoms with Gasteiger partial charge in [0.15, 0.2) is 0 Å². The van der Waals surface area contributed by atoms with Gasteiger partial charge in [0, 0.05) is 13.0 Å². The van der Waals surface area contributed by atoms with Crippen molar-refractivity contribution in [3.8, 4) is 0 Å². The third kappa shape index (κ3) is 4.00. The minimum atomic E-state index is -1.19. The van der Waals surface area contributed by atoms with Crippen LogP contribution in [0.1, 0.15) is 32.1 Å². The fourth-order valence-electron chi connectivity index (χ4n) is 3.01. The maximum atomic E-state index is 12.6. The number of amides is 5. The normalized spacial score (nSPS) is 24.3. The highest BCUT2D eigenvalue weighted by atomic mass is 16.2. The van der Waals surface area contributed by atoms with E-state index in [2.05, 4.69) is 10.6 Å². The van der Waals surface area contributed by atoms with Gasteiger partial charge in [0.25, 0.3) is 0 Å². The Morgan fingerprint density at radius 3 is 2.50 bits per heavy atom. The van der Waals surface area contributed by atoms with Crippen molar-refractivity contribution in [1.82, 2.24) is 15.5 Å². The third-order valence-electron chi connectivity index (χ3n) is 4.20. The summed E-state index contributed by atoms with van der Waals surface area (Å²) in [4.78, 5) is 59.9. The van der Waals surface area contributed by atoms with Crippen molar-refractivity contribution in [3.05, 3.63) is 0 Å². The number of nitrogens with zero attached hydrogens (tertiary/aromatic N) is 1. The van der Waals surface area contributed by atoms with Crippen LogP contribution in [-0.4, -0.2) is 59.1 Å². The van der Waals surface area contributed by atoms with Crippen LogP contribution in [0.25, 0.3) is 0 Å². The van der Waals surface area contributed by atoms with Gasteiger partial charge in [-0.05, 0) is 19.3 Å². The number of likely N-dealkylation sites (tertiary alicyclic amines) is 1. The summed E-state index contributed by atoms with van der Waals surface area (Å²) < 4.78 is 0. The summed E-state index contributed by atoms with van der Waals surface area (Å²) in [5, 5.41) is 4.93. The molecule has 0 aromatic rings. The lowest BCUT2D eigenvalue weighted by Gasteiger charge is -2.27. The van der Waals surface area contributed by atoms with Gasteiger partial charge in [-0.1, -0.05) is 0 Å². The Labute approximate surface area is 138 Å². The monoisotopic (exact) mass is 339 g/mol. The Kier molecular flexibility index (Phi) is 5.37. The molecular weight excluding hydrogens is 318 g/mol. The molecule has 2 fully saturated rings. The molecule has 2 saturated heterocycles. The molecule has 0 saturated carbocycles. The molecule has 0 spiro atoms. The molecule has 10 nitrogen and oxygen atoms in total. The second-order valence-electron chi connectivity index (χ2n) is 5.98. The summed E-state index contributed by atoms with van der Waals surface area (Å²) in [5.74, 6) is -2.78. The van der Waals surface area contributed by atoms with Gasteiger partial charge >= 0.3 is 0 Å². The second-order valence-corrected chi connectivity index (χ2v) is 5.98. The first-order valence-corrected chi connectivity index (χ1v) is 7.77. The van der Waals surface area contributed by atoms with E-state index in [1.807, 2.05) is 0 Å². The average Bonchev–Trinajstić information content (AvgIpc) is 3.13. The Bertz CT molecular complexity index is 578. The molecule has 0 aromatic heterocycles. The van der Waals surface area contributed by atoms with Gasteiger partial charge in [-0.15, -0.1) is 0 Å². The fourth-order valence-corrected chi connectivity index (χ4v) is 3.01. The molecule has 0 aromatic carbocycles. The van der Waals surface area contributed by atoms with E-state index in [0.717, 1.165) is 0 Å². The summed E-state index contributed by atoms with van der Waals surface area (Å²) in [5.41, 5.74) is 10.4. The van der Waals surface area contributed by atoms with Crippen molar-refractivity contribution < 1.29 is 24.0 Å². The van der Waals surface area contributed by atoms with Crippen molar-refractivity contribution in [1.29, 1.82) is 0 Å². The number of nitrogens with two attached hydrogens (primary N) is 2. The van der Waals surface area contributed by atoms with E-state index in [4.69, 9.17) is 11.5 Å². The molecule has 3 unspecified atom stereocenters. The Balaban J connectivity index is 2.08. The van der Waals surface area contributed by atoms with Crippen LogP contribution in [0.4, 0.5) is 0 Å². The van der Waals surface area contributed by atoms with Crippen molar-refractivity contribution in [2.24, 2.45) is 11.5 Å². The first kappa shape index (κ1) is 17.7. The molecule has 6 N–H and O–H groups in total. The van der Waals surface area contributed by atoms with Gasteiger partial charge in [-0.3, -0.25) is 24.0 Å². The first-order valence-electron chi connectivity index (χ1n) is 7.77. The highest BCUT2D eigenvalue weighted by molar-refractivity contribution is 5.97. The van der Waals surface area contributed by atoms with Gasteiger partial charge in [-0.2, -0.15) is 0 Å². The molecule has 24 heavy (non-hydrogen) atoms. The topological polar surface area (TPSA) is 165 Å². The predicted octanol–water partition coefficient (Wildman–Crippen LogP) is -2.90. The summed E-state index contributed by atoms with van der Waals surface area (Å²) in [6.07, 6.45) is 1.19. The van der Waals surface area contributed by atoms with Crippen molar-refractivity contribution in [3.63, 3.8) is 0 Å². The molecule has 2 aliphatic rings. The Morgan fingerprint density at radius 2 is 1.96 bits per heavy atom. The number of hydrogen-bond donors (Lipinski definition) is 4. The first-order chi connectivity index (χ1) is 11.3. The molecule has 2 heterocycles. The van der Waals surface area contributed by atoms with Crippen LogP contribution in [0.2, 0.25) is 0 Å². The Hall–Kier alpha value is -2.65. The number of carbonyl (C=O) groups excluding carboxylic acids is 5. The standard InChI is InChI=1S/C14H21N5O5/c15-10(20)6-8(18-13(23)7-3-4-11(21)17-7)14(24)19-5-1-2-9(19)12(16)22/h7-9H,1-6H2,(H2,15,20)(H2,16,22)(H,17,21)(H,18,23). The summed E-state index contributed by atoms with van der Waals surface area (Å²) >= 11 is 0. The minimum Gasteiger partial charge on any atom is -0.370 e. The SMILES string of the molecule is NC(=O)CC(NC(=O)C1CCC(=O)N1)C(=O)N1CCCC1C(N)=O. The van der Waals surface area contributed by atoms with Gasteiger partial charge < -0.3 is 27.0 Å². The smallest absolute Gasteiger partial charge is 0.246 e. The van der Waals surface area contributed by atoms with Crippen LogP contribution >= 0.6 is 0 Å². The van der Waals surface area contributed by atoms with Crippen molar-refractivity contribution in [2.75, 3.05) is 6.54 Å². The van der Waals surface area contributed by atoms with Crippen LogP contribution in [-0.2, 0) is 24.0 Å². The lowest BCUT2D eigenvalue weighted by Crippen LogP contribution is -2.56. The summed E-state index contributed by atoms with van der Waals surface area (Å²) in [6, 6.07) is -2.69. The zero-order chi connectivity index (χ0) is 17.9. The highest BCUT2D eigenvalue weighted by Gasteiger charge is 2.38. The molecule has 2 aliphatic heterocycles. The Morgan fingerprint density at radius 1 is 1.25 bits per heavy atom. The van der Waals surface area contributed by atoms with Gasteiger partial charge in [0.1, 0.15) is 18.1 Å². The van der Waals surface area contributed by atoms with E-state index in [1.54, 1.807) is 0 Å². The van der Waals surface area contributed by atoms with Gasteiger partial charge in [-0.25, -0.2) is 0 Å². The molecule has 0 radical (unpaired) electrons. The van der Waals surface area contributed by atoms with E-state index >= 15 is 0 Å². The van der Waals surface area contributed by atoms with Crippen LogP contribution in [0, 0.1) is 0 Å². The van der Waals surface area contributed by atoms with E-state index in [0.29, 0.717) is 25.8 Å². The summed E-state index contributed by atoms with van der Waals surface area (Å²) in [7, 11) is 0. The lowest BCUT2D eigenvalue weighted by molar-refractivity contribution is -0.142. The van der Waals surface area contributed by atoms with Crippen LogP contribution in [0.3, 0.4) is 0 Å². The van der Waals surface area contributed by atoms with E-state index in [9.17, 15) is 24.0 Å². The molecule has 2 rings (SSSR count). The fraction of sp³-hybridized carbons (Fsp3) is 0.643. The molecule has 5 amide bonds. The zero-order valence-corrected chi connectivity index (χ0v) is 13.1. The van der Waals surface area contributed by atoms with Crippen molar-refractivity contribution >= 4 is 29.5 Å². The molecule has 3 atom stereocenters. The molecule has 0 aliphatic carbocycles. The van der Waals surface area contributed by atoms with E-state index in [-0.39, 0.29) is 12.3 Å². The summed E-state index contributed by atoms with van der Waals surface area (Å²) in [6.45, 7) is 0.317. The zero-order valence-electron chi connectivity index (χ0n) is 13.1. The molecule has 10 heteroatoms. The van der Waals surface area contributed by atoms with Crippen LogP contribution in [0.15, 0.2) is 0 Å². The minimum absolute atomic E-state index is 0.225. The highest BCUT2D eigenvalue weighted by Crippen LogP contribution is 2.19. The number of rotatable bonds is 6. The number of hydrogen-bond acceptors (Lipinski definition) is 5. The largest absolute Gasteiger partial charge is 0.370 e. The van der Waals surface area contributed by atoms with Crippen molar-refractivity contribution in [2.45, 2.75) is 50.2 Å². The lowest BCUT2D eigenvalue weighted by atomic mass is 10.1. The molecule has 132 valence electrons. The number of carbonyl (C=O) groups is 5. The van der Waals surface area contributed by atoms with E-state index < -0.39 is 48.2 Å². The molecular formula is C14H21N5O5. The third-order valence-corrected chi connectivity index (χ3v) is 4.20. The second kappa shape index (κ2) is 7.28.